The normalized spacial score (nSPS) is 26.7. The van der Waals surface area contributed by atoms with Crippen LogP contribution in [0.1, 0.15) is 50.5 Å². The van der Waals surface area contributed by atoms with Gasteiger partial charge in [-0.05, 0) is 26.2 Å². The van der Waals surface area contributed by atoms with Crippen LogP contribution in [0.5, 0.6) is 0 Å². The molecule has 1 atom stereocenters. The Kier molecular flexibility index (Phi) is 3.67. The molecule has 0 aromatic carbocycles. The third-order valence-corrected chi connectivity index (χ3v) is 4.54. The monoisotopic (exact) mass is 275 g/mol. The smallest absolute Gasteiger partial charge is 0.133 e. The molecule has 1 aromatic rings. The number of hydrogen-bond acceptors (Lipinski definition) is 4. The lowest BCUT2D eigenvalue weighted by molar-refractivity contribution is 0.00437. The molecule has 4 heteroatoms. The fraction of sp³-hybridized carbons (Fsp3) is 0.750. The molecule has 4 nitrogen and oxygen atoms in total. The van der Waals surface area contributed by atoms with Crippen molar-refractivity contribution in [1.82, 2.24) is 9.97 Å². The van der Waals surface area contributed by atoms with Crippen molar-refractivity contribution in [3.05, 3.63) is 17.6 Å². The Hall–Kier alpha value is -1.16. The lowest BCUT2D eigenvalue weighted by Crippen LogP contribution is -2.35. The molecule has 20 heavy (non-hydrogen) atoms. The van der Waals surface area contributed by atoms with Gasteiger partial charge in [-0.2, -0.15) is 0 Å². The summed E-state index contributed by atoms with van der Waals surface area (Å²) in [5.41, 5.74) is 1.44. The largest absolute Gasteiger partial charge is 0.381 e. The van der Waals surface area contributed by atoms with Crippen LogP contribution in [0, 0.1) is 12.3 Å². The third-order valence-electron chi connectivity index (χ3n) is 4.54. The average Bonchev–Trinajstić information content (AvgIpc) is 2.83. The number of hydrogen-bond donors (Lipinski definition) is 0. The maximum atomic E-state index is 5.72. The summed E-state index contributed by atoms with van der Waals surface area (Å²) < 4.78 is 5.72. The first-order chi connectivity index (χ1) is 9.58. The molecule has 0 N–H and O–H groups in total. The van der Waals surface area contributed by atoms with Crippen LogP contribution in [-0.4, -0.2) is 36.3 Å². The molecule has 2 aliphatic heterocycles. The van der Waals surface area contributed by atoms with Crippen molar-refractivity contribution >= 4 is 5.82 Å². The minimum absolute atomic E-state index is 0.370. The van der Waals surface area contributed by atoms with Crippen LogP contribution in [0.2, 0.25) is 0 Å². The average molecular weight is 275 g/mol. The molecular formula is C16H25N3O. The van der Waals surface area contributed by atoms with Gasteiger partial charge in [0.05, 0.1) is 6.61 Å². The first-order valence-electron chi connectivity index (χ1n) is 7.76. The van der Waals surface area contributed by atoms with E-state index in [4.69, 9.17) is 9.72 Å². The second-order valence-corrected chi connectivity index (χ2v) is 6.71. The van der Waals surface area contributed by atoms with Gasteiger partial charge < -0.3 is 9.64 Å². The Labute approximate surface area is 121 Å². The molecule has 1 unspecified atom stereocenters. The highest BCUT2D eigenvalue weighted by molar-refractivity contribution is 5.42. The van der Waals surface area contributed by atoms with Crippen LogP contribution in [-0.2, 0) is 4.74 Å². The summed E-state index contributed by atoms with van der Waals surface area (Å²) >= 11 is 0. The molecule has 2 saturated heterocycles. The van der Waals surface area contributed by atoms with E-state index in [-0.39, 0.29) is 0 Å². The second-order valence-electron chi connectivity index (χ2n) is 6.71. The number of aryl methyl sites for hydroxylation is 1. The Balaban J connectivity index is 1.80. The molecule has 110 valence electrons. The van der Waals surface area contributed by atoms with E-state index < -0.39 is 0 Å². The van der Waals surface area contributed by atoms with Crippen molar-refractivity contribution in [2.24, 2.45) is 5.41 Å². The minimum atomic E-state index is 0.370. The minimum Gasteiger partial charge on any atom is -0.381 e. The van der Waals surface area contributed by atoms with Gasteiger partial charge in [-0.3, -0.25) is 0 Å². The van der Waals surface area contributed by atoms with Crippen LogP contribution >= 0.6 is 0 Å². The summed E-state index contributed by atoms with van der Waals surface area (Å²) in [7, 11) is 0. The van der Waals surface area contributed by atoms with E-state index in [1.54, 1.807) is 0 Å². The zero-order chi connectivity index (χ0) is 14.2. The standard InChI is InChI=1S/C16H25N3O/c1-12(2)15-17-13(3)9-14(18-15)19-7-6-16(10-19)5-4-8-20-11-16/h9,12H,4-8,10-11H2,1-3H3. The predicted octanol–water partition coefficient (Wildman–Crippen LogP) is 2.92. The fourth-order valence-corrected chi connectivity index (χ4v) is 3.36. The third kappa shape index (κ3) is 2.66. The van der Waals surface area contributed by atoms with Gasteiger partial charge in [0, 0.05) is 42.8 Å². The predicted molar refractivity (Wildman–Crippen MR) is 80.2 cm³/mol. The van der Waals surface area contributed by atoms with Crippen molar-refractivity contribution in [3.8, 4) is 0 Å². The zero-order valence-electron chi connectivity index (χ0n) is 12.9. The van der Waals surface area contributed by atoms with Crippen LogP contribution in [0.4, 0.5) is 5.82 Å². The molecule has 1 spiro atoms. The van der Waals surface area contributed by atoms with Gasteiger partial charge in [0.1, 0.15) is 11.6 Å². The number of ether oxygens (including phenoxy) is 1. The number of anilines is 1. The highest BCUT2D eigenvalue weighted by Gasteiger charge is 2.40. The van der Waals surface area contributed by atoms with E-state index in [0.29, 0.717) is 11.3 Å². The van der Waals surface area contributed by atoms with E-state index in [1.807, 2.05) is 0 Å². The van der Waals surface area contributed by atoms with Crippen molar-refractivity contribution in [3.63, 3.8) is 0 Å². The quantitative estimate of drug-likeness (QED) is 0.832. The van der Waals surface area contributed by atoms with E-state index in [1.165, 1.54) is 19.3 Å². The summed E-state index contributed by atoms with van der Waals surface area (Å²) in [6.07, 6.45) is 3.73. The number of aromatic nitrogens is 2. The van der Waals surface area contributed by atoms with E-state index in [9.17, 15) is 0 Å². The second kappa shape index (κ2) is 5.32. The first kappa shape index (κ1) is 13.8. The van der Waals surface area contributed by atoms with Gasteiger partial charge in [0.15, 0.2) is 0 Å². The van der Waals surface area contributed by atoms with Crippen molar-refractivity contribution in [2.45, 2.75) is 46.0 Å². The van der Waals surface area contributed by atoms with Crippen molar-refractivity contribution < 1.29 is 4.74 Å². The van der Waals surface area contributed by atoms with Crippen LogP contribution < -0.4 is 4.90 Å². The maximum absolute atomic E-state index is 5.72. The highest BCUT2D eigenvalue weighted by Crippen LogP contribution is 2.39. The van der Waals surface area contributed by atoms with Crippen LogP contribution in [0.15, 0.2) is 6.07 Å². The summed E-state index contributed by atoms with van der Waals surface area (Å²) in [6.45, 7) is 10.4. The summed E-state index contributed by atoms with van der Waals surface area (Å²) in [6, 6.07) is 2.12. The topological polar surface area (TPSA) is 38.2 Å². The molecule has 1 aromatic heterocycles. The molecule has 0 aliphatic carbocycles. The zero-order valence-corrected chi connectivity index (χ0v) is 12.9. The van der Waals surface area contributed by atoms with E-state index in [0.717, 1.165) is 43.6 Å². The van der Waals surface area contributed by atoms with Gasteiger partial charge in [0.25, 0.3) is 0 Å². The summed E-state index contributed by atoms with van der Waals surface area (Å²) in [5, 5.41) is 0. The Morgan fingerprint density at radius 2 is 2.15 bits per heavy atom. The Bertz CT molecular complexity index is 481. The van der Waals surface area contributed by atoms with Crippen molar-refractivity contribution in [2.75, 3.05) is 31.2 Å². The summed E-state index contributed by atoms with van der Waals surface area (Å²) in [4.78, 5) is 11.7. The molecule has 0 bridgehead atoms. The van der Waals surface area contributed by atoms with Gasteiger partial charge in [-0.1, -0.05) is 13.8 Å². The molecule has 0 amide bonds. The molecule has 2 fully saturated rings. The first-order valence-corrected chi connectivity index (χ1v) is 7.76. The Morgan fingerprint density at radius 3 is 2.85 bits per heavy atom. The molecular weight excluding hydrogens is 250 g/mol. The molecule has 0 saturated carbocycles. The van der Waals surface area contributed by atoms with E-state index in [2.05, 4.69) is 36.7 Å². The highest BCUT2D eigenvalue weighted by atomic mass is 16.5. The lowest BCUT2D eigenvalue weighted by Gasteiger charge is -2.33. The van der Waals surface area contributed by atoms with E-state index >= 15 is 0 Å². The molecule has 3 rings (SSSR count). The SMILES string of the molecule is Cc1cc(N2CCC3(CCCOC3)C2)nc(C(C)C)n1. The summed E-state index contributed by atoms with van der Waals surface area (Å²) in [5.74, 6) is 2.44. The number of rotatable bonds is 2. The molecule has 3 heterocycles. The molecule has 0 radical (unpaired) electrons. The van der Waals surface area contributed by atoms with Crippen LogP contribution in [0.25, 0.3) is 0 Å². The van der Waals surface area contributed by atoms with Gasteiger partial charge in [-0.15, -0.1) is 0 Å². The maximum Gasteiger partial charge on any atom is 0.133 e. The van der Waals surface area contributed by atoms with Gasteiger partial charge >= 0.3 is 0 Å². The van der Waals surface area contributed by atoms with Gasteiger partial charge in [-0.25, -0.2) is 9.97 Å². The number of nitrogens with zero attached hydrogens (tertiary/aromatic N) is 3. The lowest BCUT2D eigenvalue weighted by atomic mass is 9.82. The Morgan fingerprint density at radius 1 is 1.30 bits per heavy atom. The van der Waals surface area contributed by atoms with Gasteiger partial charge in [0.2, 0.25) is 0 Å². The molecule has 2 aliphatic rings. The van der Waals surface area contributed by atoms with Crippen molar-refractivity contribution in [1.29, 1.82) is 0 Å². The fourth-order valence-electron chi connectivity index (χ4n) is 3.36. The van der Waals surface area contributed by atoms with Crippen LogP contribution in [0.3, 0.4) is 0 Å².